The molecule has 0 aromatic heterocycles. The lowest BCUT2D eigenvalue weighted by molar-refractivity contribution is 0.278. The molecule has 0 spiro atoms. The molecule has 0 aliphatic heterocycles. The molecule has 0 heterocycles. The van der Waals surface area contributed by atoms with Crippen LogP contribution in [0.1, 0.15) is 43.4 Å². The van der Waals surface area contributed by atoms with Crippen LogP contribution in [0, 0.1) is 6.92 Å². The lowest BCUT2D eigenvalue weighted by Gasteiger charge is -2.21. The van der Waals surface area contributed by atoms with Gasteiger partial charge in [-0.2, -0.15) is 0 Å². The number of hydrogen-bond acceptors (Lipinski definition) is 2. The number of nitrogens with zero attached hydrogens (tertiary/aromatic N) is 1. The van der Waals surface area contributed by atoms with Gasteiger partial charge in [-0.25, -0.2) is 0 Å². The summed E-state index contributed by atoms with van der Waals surface area (Å²) >= 11 is 0. The normalized spacial score (nSPS) is 11.0. The van der Waals surface area contributed by atoms with Crippen molar-refractivity contribution >= 4 is 0 Å². The quantitative estimate of drug-likeness (QED) is 0.552. The third-order valence-electron chi connectivity index (χ3n) is 4.54. The number of rotatable bonds is 11. The Balaban J connectivity index is 1.88. The van der Waals surface area contributed by atoms with Crippen molar-refractivity contribution in [3.8, 4) is 5.75 Å². The molecule has 2 nitrogen and oxygen atoms in total. The van der Waals surface area contributed by atoms with Crippen LogP contribution in [0.5, 0.6) is 5.75 Å². The Bertz CT molecular complexity index is 603. The highest BCUT2D eigenvalue weighted by Gasteiger charge is 2.06. The molecule has 0 amide bonds. The molecule has 0 bridgehead atoms. The van der Waals surface area contributed by atoms with Crippen molar-refractivity contribution in [1.82, 2.24) is 4.90 Å². The minimum Gasteiger partial charge on any atom is -0.493 e. The van der Waals surface area contributed by atoms with Crippen molar-refractivity contribution in [3.63, 3.8) is 0 Å². The second-order valence-electron chi connectivity index (χ2n) is 6.78. The Labute approximate surface area is 153 Å². The lowest BCUT2D eigenvalue weighted by atomic mass is 10.1. The fourth-order valence-electron chi connectivity index (χ4n) is 3.13. The molecular weight excluding hydrogens is 306 g/mol. The van der Waals surface area contributed by atoms with Gasteiger partial charge in [0.15, 0.2) is 0 Å². The van der Waals surface area contributed by atoms with E-state index in [1.54, 1.807) is 0 Å². The summed E-state index contributed by atoms with van der Waals surface area (Å²) in [6, 6.07) is 17.2. The SMILES string of the molecule is CCCN(CCC)CCc1ccc(C)c(OCCc2ccccc2)c1. The first-order valence-corrected chi connectivity index (χ1v) is 9.71. The zero-order chi connectivity index (χ0) is 17.9. The highest BCUT2D eigenvalue weighted by atomic mass is 16.5. The molecule has 0 aliphatic rings. The van der Waals surface area contributed by atoms with E-state index in [-0.39, 0.29) is 0 Å². The van der Waals surface area contributed by atoms with E-state index in [9.17, 15) is 0 Å². The topological polar surface area (TPSA) is 12.5 Å². The van der Waals surface area contributed by atoms with Crippen molar-refractivity contribution in [2.24, 2.45) is 0 Å². The van der Waals surface area contributed by atoms with Gasteiger partial charge >= 0.3 is 0 Å². The van der Waals surface area contributed by atoms with Gasteiger partial charge in [-0.15, -0.1) is 0 Å². The molecule has 0 N–H and O–H groups in total. The van der Waals surface area contributed by atoms with Crippen LogP contribution < -0.4 is 4.74 Å². The maximum absolute atomic E-state index is 6.07. The zero-order valence-corrected chi connectivity index (χ0v) is 16.1. The van der Waals surface area contributed by atoms with Crippen LogP contribution in [-0.4, -0.2) is 31.1 Å². The summed E-state index contributed by atoms with van der Waals surface area (Å²) in [5.41, 5.74) is 3.92. The van der Waals surface area contributed by atoms with Gasteiger partial charge in [-0.1, -0.05) is 56.3 Å². The Morgan fingerprint density at radius 1 is 0.800 bits per heavy atom. The van der Waals surface area contributed by atoms with E-state index < -0.39 is 0 Å². The molecule has 136 valence electrons. The van der Waals surface area contributed by atoms with E-state index in [1.165, 1.54) is 42.6 Å². The van der Waals surface area contributed by atoms with Gasteiger partial charge in [0, 0.05) is 13.0 Å². The minimum atomic E-state index is 0.728. The summed E-state index contributed by atoms with van der Waals surface area (Å²) in [5.74, 6) is 1.03. The van der Waals surface area contributed by atoms with Crippen LogP contribution in [0.2, 0.25) is 0 Å². The van der Waals surface area contributed by atoms with E-state index in [1.807, 2.05) is 0 Å². The second-order valence-corrected chi connectivity index (χ2v) is 6.78. The monoisotopic (exact) mass is 339 g/mol. The third-order valence-corrected chi connectivity index (χ3v) is 4.54. The summed E-state index contributed by atoms with van der Waals surface area (Å²) in [4.78, 5) is 2.57. The minimum absolute atomic E-state index is 0.728. The van der Waals surface area contributed by atoms with E-state index in [4.69, 9.17) is 4.74 Å². The van der Waals surface area contributed by atoms with Crippen molar-refractivity contribution in [2.45, 2.75) is 46.5 Å². The van der Waals surface area contributed by atoms with Gasteiger partial charge in [-0.05, 0) is 62.0 Å². The van der Waals surface area contributed by atoms with Gasteiger partial charge in [0.05, 0.1) is 6.61 Å². The smallest absolute Gasteiger partial charge is 0.122 e. The Hall–Kier alpha value is -1.80. The highest BCUT2D eigenvalue weighted by molar-refractivity contribution is 5.36. The average molecular weight is 340 g/mol. The molecule has 0 aliphatic carbocycles. The first-order valence-electron chi connectivity index (χ1n) is 9.71. The second kappa shape index (κ2) is 10.9. The largest absolute Gasteiger partial charge is 0.493 e. The molecular formula is C23H33NO. The van der Waals surface area contributed by atoms with Crippen LogP contribution >= 0.6 is 0 Å². The first-order chi connectivity index (χ1) is 12.2. The molecule has 0 unspecified atom stereocenters. The summed E-state index contributed by atoms with van der Waals surface area (Å²) in [6.45, 7) is 10.9. The van der Waals surface area contributed by atoms with Crippen LogP contribution in [-0.2, 0) is 12.8 Å². The van der Waals surface area contributed by atoms with Gasteiger partial charge in [0.25, 0.3) is 0 Å². The average Bonchev–Trinajstić information content (AvgIpc) is 2.63. The summed E-state index contributed by atoms with van der Waals surface area (Å²) < 4.78 is 6.07. The van der Waals surface area contributed by atoms with Crippen LogP contribution in [0.4, 0.5) is 0 Å². The predicted octanol–water partition coefficient (Wildman–Crippen LogP) is 5.28. The number of ether oxygens (including phenoxy) is 1. The van der Waals surface area contributed by atoms with Crippen LogP contribution in [0.25, 0.3) is 0 Å². The maximum atomic E-state index is 6.07. The number of hydrogen-bond donors (Lipinski definition) is 0. The fraction of sp³-hybridized carbons (Fsp3) is 0.478. The molecule has 25 heavy (non-hydrogen) atoms. The van der Waals surface area contributed by atoms with Gasteiger partial charge in [0.1, 0.15) is 5.75 Å². The molecule has 2 heteroatoms. The van der Waals surface area contributed by atoms with Crippen molar-refractivity contribution in [2.75, 3.05) is 26.2 Å². The molecule has 0 atom stereocenters. The number of aryl methyl sites for hydroxylation is 1. The predicted molar refractivity (Wildman–Crippen MR) is 108 cm³/mol. The Morgan fingerprint density at radius 2 is 1.52 bits per heavy atom. The molecule has 2 aromatic carbocycles. The van der Waals surface area contributed by atoms with Crippen LogP contribution in [0.15, 0.2) is 48.5 Å². The molecule has 0 saturated carbocycles. The summed E-state index contributed by atoms with van der Waals surface area (Å²) in [5, 5.41) is 0. The first kappa shape index (κ1) is 19.5. The third kappa shape index (κ3) is 6.91. The summed E-state index contributed by atoms with van der Waals surface area (Å²) in [6.07, 6.45) is 4.49. The van der Waals surface area contributed by atoms with E-state index in [0.29, 0.717) is 0 Å². The molecule has 2 aromatic rings. The van der Waals surface area contributed by atoms with Gasteiger partial charge in [-0.3, -0.25) is 0 Å². The maximum Gasteiger partial charge on any atom is 0.122 e. The van der Waals surface area contributed by atoms with Crippen molar-refractivity contribution in [3.05, 3.63) is 65.2 Å². The van der Waals surface area contributed by atoms with E-state index in [2.05, 4.69) is 74.2 Å². The molecule has 2 rings (SSSR count). The van der Waals surface area contributed by atoms with Gasteiger partial charge in [0.2, 0.25) is 0 Å². The van der Waals surface area contributed by atoms with Crippen molar-refractivity contribution in [1.29, 1.82) is 0 Å². The molecule has 0 saturated heterocycles. The lowest BCUT2D eigenvalue weighted by Crippen LogP contribution is -2.27. The number of benzene rings is 2. The zero-order valence-electron chi connectivity index (χ0n) is 16.1. The van der Waals surface area contributed by atoms with E-state index in [0.717, 1.165) is 31.7 Å². The Morgan fingerprint density at radius 3 is 2.20 bits per heavy atom. The molecule has 0 radical (unpaired) electrons. The summed E-state index contributed by atoms with van der Waals surface area (Å²) in [7, 11) is 0. The highest BCUT2D eigenvalue weighted by Crippen LogP contribution is 2.20. The standard InChI is InChI=1S/C23H33NO/c1-4-15-24(16-5-2)17-13-22-12-11-20(3)23(19-22)25-18-14-21-9-7-6-8-10-21/h6-12,19H,4-5,13-18H2,1-3H3. The Kier molecular flexibility index (Phi) is 8.54. The van der Waals surface area contributed by atoms with E-state index >= 15 is 0 Å². The van der Waals surface area contributed by atoms with Gasteiger partial charge < -0.3 is 9.64 Å². The van der Waals surface area contributed by atoms with Crippen LogP contribution in [0.3, 0.4) is 0 Å². The fourth-order valence-corrected chi connectivity index (χ4v) is 3.13. The van der Waals surface area contributed by atoms with Crippen molar-refractivity contribution < 1.29 is 4.74 Å². The molecule has 0 fully saturated rings.